The summed E-state index contributed by atoms with van der Waals surface area (Å²) in [5.41, 5.74) is 6.22. The van der Waals surface area contributed by atoms with Crippen LogP contribution in [-0.2, 0) is 0 Å². The third-order valence-corrected chi connectivity index (χ3v) is 6.61. The summed E-state index contributed by atoms with van der Waals surface area (Å²) in [5.74, 6) is 1.87. The maximum absolute atomic E-state index is 6.22. The Morgan fingerprint density at radius 3 is 2.71 bits per heavy atom. The molecule has 2 saturated carbocycles. The lowest BCUT2D eigenvalue weighted by Gasteiger charge is -2.19. The molecule has 2 atom stereocenters. The lowest BCUT2D eigenvalue weighted by Crippen LogP contribution is -2.22. The van der Waals surface area contributed by atoms with Crippen LogP contribution >= 0.6 is 23.1 Å². The summed E-state index contributed by atoms with van der Waals surface area (Å²) in [5, 5.41) is 12.4. The zero-order chi connectivity index (χ0) is 14.4. The van der Waals surface area contributed by atoms with E-state index in [1.807, 2.05) is 0 Å². The van der Waals surface area contributed by atoms with E-state index >= 15 is 0 Å². The highest BCUT2D eigenvalue weighted by molar-refractivity contribution is 7.99. The first-order valence-electron chi connectivity index (χ1n) is 7.64. The molecule has 2 aliphatic rings. The lowest BCUT2D eigenvalue weighted by atomic mass is 10.2. The second-order valence-corrected chi connectivity index (χ2v) is 8.22. The van der Waals surface area contributed by atoms with E-state index < -0.39 is 0 Å². The van der Waals surface area contributed by atoms with Gasteiger partial charge in [-0.25, -0.2) is 0 Å². The number of thioether (sulfide) groups is 1. The topological polar surface area (TPSA) is 56.7 Å². The van der Waals surface area contributed by atoms with E-state index in [2.05, 4.69) is 39.2 Å². The Morgan fingerprint density at radius 1 is 1.33 bits per heavy atom. The first-order chi connectivity index (χ1) is 10.2. The molecule has 6 heteroatoms. The van der Waals surface area contributed by atoms with Crippen molar-refractivity contribution in [3.05, 3.63) is 28.2 Å². The molecule has 2 aliphatic carbocycles. The van der Waals surface area contributed by atoms with Gasteiger partial charge >= 0.3 is 0 Å². The number of nitrogens with zero attached hydrogens (tertiary/aromatic N) is 3. The van der Waals surface area contributed by atoms with E-state index in [0.717, 1.165) is 5.16 Å². The fourth-order valence-electron chi connectivity index (χ4n) is 2.66. The van der Waals surface area contributed by atoms with E-state index in [1.165, 1.54) is 36.4 Å². The fourth-order valence-corrected chi connectivity index (χ4v) is 4.87. The normalized spacial score (nSPS) is 21.4. The van der Waals surface area contributed by atoms with Crippen LogP contribution in [-0.4, -0.2) is 20.8 Å². The monoisotopic (exact) mass is 320 g/mol. The van der Waals surface area contributed by atoms with Crippen molar-refractivity contribution in [1.82, 2.24) is 14.8 Å². The van der Waals surface area contributed by atoms with Crippen LogP contribution in [0.4, 0.5) is 0 Å². The maximum Gasteiger partial charge on any atom is 0.192 e. The Hall–Kier alpha value is -0.850. The van der Waals surface area contributed by atoms with Gasteiger partial charge in [-0.05, 0) is 44.1 Å². The van der Waals surface area contributed by atoms with E-state index in [9.17, 15) is 0 Å². The van der Waals surface area contributed by atoms with Crippen molar-refractivity contribution < 1.29 is 0 Å². The molecular weight excluding hydrogens is 300 g/mol. The second kappa shape index (κ2) is 5.41. The molecule has 0 spiro atoms. The molecule has 4 rings (SSSR count). The van der Waals surface area contributed by atoms with Gasteiger partial charge in [0, 0.05) is 22.9 Å². The SMILES string of the molecule is CC(N)C(Sc1nnc(C2CC2)n1C1CC1)c1cccs1. The van der Waals surface area contributed by atoms with Gasteiger partial charge in [0.25, 0.3) is 0 Å². The summed E-state index contributed by atoms with van der Waals surface area (Å²) in [6, 6.07) is 5.00. The standard InChI is InChI=1S/C15H20N4S2/c1-9(16)13(12-3-2-8-20-12)21-15-18-17-14(10-4-5-10)19(15)11-6-7-11/h2-3,8-11,13H,4-7,16H2,1H3. The molecule has 21 heavy (non-hydrogen) atoms. The summed E-state index contributed by atoms with van der Waals surface area (Å²) in [4.78, 5) is 1.33. The van der Waals surface area contributed by atoms with Gasteiger partial charge in [-0.1, -0.05) is 17.8 Å². The van der Waals surface area contributed by atoms with Crippen LogP contribution in [0.3, 0.4) is 0 Å². The third-order valence-electron chi connectivity index (χ3n) is 4.08. The Bertz CT molecular complexity index is 612. The molecule has 2 heterocycles. The molecule has 2 aromatic rings. The van der Waals surface area contributed by atoms with Crippen LogP contribution in [0, 0.1) is 0 Å². The molecule has 0 radical (unpaired) electrons. The van der Waals surface area contributed by atoms with Crippen LogP contribution in [0.25, 0.3) is 0 Å². The largest absolute Gasteiger partial charge is 0.327 e. The minimum atomic E-state index is 0.0994. The summed E-state index contributed by atoms with van der Waals surface area (Å²) < 4.78 is 2.41. The smallest absolute Gasteiger partial charge is 0.192 e. The molecule has 0 saturated heterocycles. The molecule has 4 nitrogen and oxygen atoms in total. The van der Waals surface area contributed by atoms with Gasteiger partial charge in [-0.3, -0.25) is 0 Å². The van der Waals surface area contributed by atoms with Gasteiger partial charge in [0.05, 0.1) is 5.25 Å². The average Bonchev–Trinajstić information content (AvgIpc) is 3.39. The first kappa shape index (κ1) is 13.8. The number of hydrogen-bond donors (Lipinski definition) is 1. The van der Waals surface area contributed by atoms with Crippen molar-refractivity contribution in [2.24, 2.45) is 5.73 Å². The summed E-state index contributed by atoms with van der Waals surface area (Å²) in [6.07, 6.45) is 5.09. The van der Waals surface area contributed by atoms with Gasteiger partial charge in [0.2, 0.25) is 0 Å². The zero-order valence-corrected chi connectivity index (χ0v) is 13.7. The van der Waals surface area contributed by atoms with Crippen molar-refractivity contribution in [3.8, 4) is 0 Å². The second-order valence-electron chi connectivity index (χ2n) is 6.13. The summed E-state index contributed by atoms with van der Waals surface area (Å²) in [7, 11) is 0. The Labute approximate surface area is 133 Å². The van der Waals surface area contributed by atoms with Gasteiger partial charge < -0.3 is 10.3 Å². The number of rotatable bonds is 6. The van der Waals surface area contributed by atoms with Crippen LogP contribution in [0.2, 0.25) is 0 Å². The number of aromatic nitrogens is 3. The Balaban J connectivity index is 1.63. The number of hydrogen-bond acceptors (Lipinski definition) is 5. The van der Waals surface area contributed by atoms with Crippen LogP contribution in [0.5, 0.6) is 0 Å². The summed E-state index contributed by atoms with van der Waals surface area (Å²) in [6.45, 7) is 2.08. The average molecular weight is 320 g/mol. The van der Waals surface area contributed by atoms with Gasteiger partial charge in [0.1, 0.15) is 5.82 Å². The Kier molecular flexibility index (Phi) is 3.55. The zero-order valence-electron chi connectivity index (χ0n) is 12.1. The molecule has 0 aromatic carbocycles. The minimum absolute atomic E-state index is 0.0994. The molecule has 2 fully saturated rings. The molecule has 112 valence electrons. The molecule has 2 N–H and O–H groups in total. The predicted molar refractivity (Wildman–Crippen MR) is 86.8 cm³/mol. The van der Waals surface area contributed by atoms with Crippen molar-refractivity contribution in [1.29, 1.82) is 0 Å². The number of thiophene rings is 1. The van der Waals surface area contributed by atoms with E-state index in [0.29, 0.717) is 12.0 Å². The first-order valence-corrected chi connectivity index (χ1v) is 9.40. The van der Waals surface area contributed by atoms with Gasteiger partial charge in [-0.2, -0.15) is 0 Å². The van der Waals surface area contributed by atoms with Gasteiger partial charge in [0.15, 0.2) is 5.16 Å². The van der Waals surface area contributed by atoms with E-state index in [1.54, 1.807) is 23.1 Å². The molecule has 0 aliphatic heterocycles. The number of nitrogens with two attached hydrogens (primary N) is 1. The van der Waals surface area contributed by atoms with E-state index in [-0.39, 0.29) is 11.3 Å². The third kappa shape index (κ3) is 2.76. The predicted octanol–water partition coefficient (Wildman–Crippen LogP) is 3.73. The maximum atomic E-state index is 6.22. The van der Waals surface area contributed by atoms with E-state index in [4.69, 9.17) is 5.73 Å². The quantitative estimate of drug-likeness (QED) is 0.824. The lowest BCUT2D eigenvalue weighted by molar-refractivity contribution is 0.622. The van der Waals surface area contributed by atoms with Crippen LogP contribution < -0.4 is 5.73 Å². The molecule has 2 unspecified atom stereocenters. The Morgan fingerprint density at radius 2 is 2.14 bits per heavy atom. The van der Waals surface area contributed by atoms with Crippen molar-refractivity contribution >= 4 is 23.1 Å². The highest BCUT2D eigenvalue weighted by atomic mass is 32.2. The van der Waals surface area contributed by atoms with Crippen molar-refractivity contribution in [2.45, 2.75) is 61.0 Å². The molecule has 2 aromatic heterocycles. The molecule has 0 amide bonds. The van der Waals surface area contributed by atoms with Gasteiger partial charge in [-0.15, -0.1) is 21.5 Å². The van der Waals surface area contributed by atoms with Crippen molar-refractivity contribution in [2.75, 3.05) is 0 Å². The highest BCUT2D eigenvalue weighted by Crippen LogP contribution is 2.48. The minimum Gasteiger partial charge on any atom is -0.327 e. The highest BCUT2D eigenvalue weighted by Gasteiger charge is 2.37. The fraction of sp³-hybridized carbons (Fsp3) is 0.600. The van der Waals surface area contributed by atoms with Crippen molar-refractivity contribution in [3.63, 3.8) is 0 Å². The molecule has 0 bridgehead atoms. The molecular formula is C15H20N4S2. The summed E-state index contributed by atoms with van der Waals surface area (Å²) >= 11 is 3.57. The van der Waals surface area contributed by atoms with Crippen LogP contribution in [0.15, 0.2) is 22.7 Å². The van der Waals surface area contributed by atoms with Crippen LogP contribution in [0.1, 0.15) is 60.5 Å².